The first-order valence-electron chi connectivity index (χ1n) is 15.5. The number of fused-ring (bicyclic) bond motifs is 4. The van der Waals surface area contributed by atoms with E-state index in [0.29, 0.717) is 41.4 Å². The van der Waals surface area contributed by atoms with Gasteiger partial charge in [-0.1, -0.05) is 35.9 Å². The number of aromatic carboxylic acids is 1. The van der Waals surface area contributed by atoms with Gasteiger partial charge in [0.1, 0.15) is 11.4 Å². The number of para-hydroxylation sites is 1. The number of imidazole rings is 1. The lowest BCUT2D eigenvalue weighted by Gasteiger charge is -2.24. The second kappa shape index (κ2) is 11.3. The Hall–Kier alpha value is -4.96. The number of alkyl halides is 3. The van der Waals surface area contributed by atoms with E-state index in [1.54, 1.807) is 36.5 Å². The highest BCUT2D eigenvalue weighted by molar-refractivity contribution is 6.33. The smallest absolute Gasteiger partial charge is 0.416 e. The van der Waals surface area contributed by atoms with Crippen LogP contribution in [0.3, 0.4) is 0 Å². The number of carboxylic acid groups (broad SMARTS) is 1. The summed E-state index contributed by atoms with van der Waals surface area (Å²) in [7, 11) is 0. The van der Waals surface area contributed by atoms with Crippen molar-refractivity contribution in [2.24, 2.45) is 0 Å². The van der Waals surface area contributed by atoms with Crippen LogP contribution in [0.2, 0.25) is 5.02 Å². The number of H-pyrrole nitrogens is 1. The molecule has 246 valence electrons. The number of nitrogens with one attached hydrogen (secondary N) is 2. The van der Waals surface area contributed by atoms with Crippen molar-refractivity contribution in [3.05, 3.63) is 118 Å². The maximum absolute atomic E-state index is 13.6. The van der Waals surface area contributed by atoms with Crippen LogP contribution in [-0.2, 0) is 18.1 Å². The van der Waals surface area contributed by atoms with Crippen LogP contribution in [-0.4, -0.2) is 31.2 Å². The topological polar surface area (TPSA) is 92.2 Å². The Labute approximate surface area is 279 Å². The number of halogens is 4. The zero-order valence-corrected chi connectivity index (χ0v) is 27.1. The monoisotopic (exact) mass is 672 g/mol. The molecule has 2 aliphatic rings. The summed E-state index contributed by atoms with van der Waals surface area (Å²) < 4.78 is 49.2. The van der Waals surface area contributed by atoms with E-state index in [4.69, 9.17) is 26.4 Å². The SMILES string of the molecule is Cc1cccc(Cl)c1Nc1nc2ccc3c(c2n1C1(c2cccc(C(F)(F)F)c2)CC1)CC(C)(C)O3.O=C(O)c1ccc2[nH]ccc2c1. The fraction of sp³-hybridized carbons (Fsp3) is 0.243. The molecule has 2 aromatic heterocycles. The van der Waals surface area contributed by atoms with Gasteiger partial charge in [-0.3, -0.25) is 4.57 Å². The largest absolute Gasteiger partial charge is 0.487 e. The first kappa shape index (κ1) is 31.6. The summed E-state index contributed by atoms with van der Waals surface area (Å²) >= 11 is 6.53. The fourth-order valence-corrected chi connectivity index (χ4v) is 6.84. The van der Waals surface area contributed by atoms with E-state index in [2.05, 4.69) is 14.9 Å². The molecule has 11 heteroatoms. The standard InChI is InChI=1S/C28H25ClF3N3O.C9H7NO2/c1-16-6-4-9-20(29)23(16)34-25-33-21-10-11-22-19(15-26(2,3)36-22)24(21)35(25)27(12-13-27)17-7-5-8-18(14-17)28(30,31)32;11-9(12)7-1-2-8-6(5-7)3-4-10-8/h4-11,14H,12-13,15H2,1-3H3,(H,33,34);1-5,10H,(H,11,12). The molecule has 1 fully saturated rings. The Morgan fingerprint density at radius 2 is 1.81 bits per heavy atom. The number of aromatic nitrogens is 3. The van der Waals surface area contributed by atoms with Crippen LogP contribution >= 0.6 is 11.6 Å². The molecule has 1 aliphatic carbocycles. The Kier molecular flexibility index (Phi) is 7.47. The van der Waals surface area contributed by atoms with Crippen LogP contribution in [0.25, 0.3) is 21.9 Å². The molecule has 0 amide bonds. The summed E-state index contributed by atoms with van der Waals surface area (Å²) in [4.78, 5) is 18.5. The number of hydrogen-bond acceptors (Lipinski definition) is 4. The molecule has 7 nitrogen and oxygen atoms in total. The molecule has 48 heavy (non-hydrogen) atoms. The third-order valence-electron chi connectivity index (χ3n) is 9.01. The molecule has 6 aromatic rings. The van der Waals surface area contributed by atoms with Gasteiger partial charge in [0.15, 0.2) is 0 Å². The summed E-state index contributed by atoms with van der Waals surface area (Å²) in [6.45, 7) is 6.02. The highest BCUT2D eigenvalue weighted by Gasteiger charge is 2.50. The lowest BCUT2D eigenvalue weighted by Crippen LogP contribution is -2.25. The normalized spacial score (nSPS) is 15.8. The molecule has 1 aliphatic heterocycles. The van der Waals surface area contributed by atoms with E-state index in [-0.39, 0.29) is 5.60 Å². The Morgan fingerprint density at radius 3 is 2.52 bits per heavy atom. The number of anilines is 2. The molecule has 8 rings (SSSR count). The summed E-state index contributed by atoms with van der Waals surface area (Å²) in [5.41, 5.74) is 4.55. The summed E-state index contributed by atoms with van der Waals surface area (Å²) in [6.07, 6.45) is -0.559. The molecule has 3 N–H and O–H groups in total. The van der Waals surface area contributed by atoms with Crippen LogP contribution in [0.1, 0.15) is 59.3 Å². The quantitative estimate of drug-likeness (QED) is 0.170. The van der Waals surface area contributed by atoms with Crippen molar-refractivity contribution in [2.45, 2.75) is 57.3 Å². The number of carbonyl (C=O) groups is 1. The molecular formula is C37H32ClF3N4O3. The number of nitrogens with zero attached hydrogens (tertiary/aromatic N) is 2. The molecule has 0 bridgehead atoms. The van der Waals surface area contributed by atoms with Gasteiger partial charge in [0, 0.05) is 29.1 Å². The van der Waals surface area contributed by atoms with Crippen molar-refractivity contribution >= 4 is 51.1 Å². The first-order valence-corrected chi connectivity index (χ1v) is 15.9. The number of rotatable bonds is 5. The van der Waals surface area contributed by atoms with Gasteiger partial charge < -0.3 is 20.1 Å². The van der Waals surface area contributed by atoms with Gasteiger partial charge in [-0.2, -0.15) is 13.2 Å². The lowest BCUT2D eigenvalue weighted by atomic mass is 9.98. The minimum Gasteiger partial charge on any atom is -0.487 e. The Morgan fingerprint density at radius 1 is 1.04 bits per heavy atom. The van der Waals surface area contributed by atoms with Gasteiger partial charge in [-0.05, 0) is 99.3 Å². The predicted molar refractivity (Wildman–Crippen MR) is 181 cm³/mol. The van der Waals surface area contributed by atoms with E-state index in [0.717, 1.165) is 50.6 Å². The van der Waals surface area contributed by atoms with Gasteiger partial charge in [-0.25, -0.2) is 9.78 Å². The van der Waals surface area contributed by atoms with E-state index in [1.807, 2.05) is 51.1 Å². The molecule has 0 saturated heterocycles. The zero-order valence-electron chi connectivity index (χ0n) is 26.4. The van der Waals surface area contributed by atoms with Crippen molar-refractivity contribution < 1.29 is 27.8 Å². The van der Waals surface area contributed by atoms with Gasteiger partial charge in [0.2, 0.25) is 5.95 Å². The number of carboxylic acids is 1. The summed E-state index contributed by atoms with van der Waals surface area (Å²) in [5, 5.41) is 13.6. The average Bonchev–Trinajstić information content (AvgIpc) is 3.36. The second-order valence-electron chi connectivity index (χ2n) is 13.0. The highest BCUT2D eigenvalue weighted by atomic mass is 35.5. The predicted octanol–water partition coefficient (Wildman–Crippen LogP) is 9.88. The van der Waals surface area contributed by atoms with E-state index in [1.165, 1.54) is 12.1 Å². The van der Waals surface area contributed by atoms with Crippen LogP contribution in [0.5, 0.6) is 5.75 Å². The molecule has 0 atom stereocenters. The minimum atomic E-state index is -4.42. The van der Waals surface area contributed by atoms with Crippen molar-refractivity contribution in [1.29, 1.82) is 0 Å². The Bertz CT molecular complexity index is 2200. The first-order chi connectivity index (χ1) is 22.8. The number of benzene rings is 4. The van der Waals surface area contributed by atoms with Crippen molar-refractivity contribution in [1.82, 2.24) is 14.5 Å². The van der Waals surface area contributed by atoms with Crippen molar-refractivity contribution in [2.75, 3.05) is 5.32 Å². The maximum Gasteiger partial charge on any atom is 0.416 e. The van der Waals surface area contributed by atoms with Gasteiger partial charge in [0.25, 0.3) is 0 Å². The lowest BCUT2D eigenvalue weighted by molar-refractivity contribution is -0.137. The number of hydrogen-bond donors (Lipinski definition) is 3. The minimum absolute atomic E-state index is 0.321. The zero-order chi connectivity index (χ0) is 34.0. The molecule has 0 radical (unpaired) electrons. The maximum atomic E-state index is 13.6. The molecule has 4 aromatic carbocycles. The number of aryl methyl sites for hydroxylation is 1. The van der Waals surface area contributed by atoms with Crippen LogP contribution in [0.4, 0.5) is 24.8 Å². The number of aromatic amines is 1. The molecule has 3 heterocycles. The van der Waals surface area contributed by atoms with Crippen LogP contribution in [0.15, 0.2) is 85.1 Å². The molecule has 0 spiro atoms. The van der Waals surface area contributed by atoms with Crippen molar-refractivity contribution in [3.63, 3.8) is 0 Å². The molecule has 1 saturated carbocycles. The third-order valence-corrected chi connectivity index (χ3v) is 9.32. The summed E-state index contributed by atoms with van der Waals surface area (Å²) in [5.74, 6) is 0.446. The number of ether oxygens (including phenoxy) is 1. The highest BCUT2D eigenvalue weighted by Crippen LogP contribution is 2.55. The van der Waals surface area contributed by atoms with E-state index >= 15 is 0 Å². The van der Waals surface area contributed by atoms with Gasteiger partial charge in [0.05, 0.1) is 38.4 Å². The molecule has 0 unspecified atom stereocenters. The Balaban J connectivity index is 0.000000255. The van der Waals surface area contributed by atoms with E-state index < -0.39 is 23.2 Å². The summed E-state index contributed by atoms with van der Waals surface area (Å²) in [6, 6.07) is 22.0. The van der Waals surface area contributed by atoms with Gasteiger partial charge >= 0.3 is 12.1 Å². The average molecular weight is 673 g/mol. The van der Waals surface area contributed by atoms with Crippen LogP contribution in [0, 0.1) is 6.92 Å². The third kappa shape index (κ3) is 5.64. The van der Waals surface area contributed by atoms with Crippen LogP contribution < -0.4 is 10.1 Å². The van der Waals surface area contributed by atoms with Crippen molar-refractivity contribution in [3.8, 4) is 5.75 Å². The second-order valence-corrected chi connectivity index (χ2v) is 13.4. The van der Waals surface area contributed by atoms with E-state index in [9.17, 15) is 18.0 Å². The fourth-order valence-electron chi connectivity index (χ4n) is 6.57. The molecular weight excluding hydrogens is 641 g/mol. The van der Waals surface area contributed by atoms with Gasteiger partial charge in [-0.15, -0.1) is 0 Å².